The molecule has 2 nitrogen and oxygen atoms in total. The van der Waals surface area contributed by atoms with E-state index in [9.17, 15) is 0 Å². The van der Waals surface area contributed by atoms with Crippen LogP contribution in [-0.4, -0.2) is 37.6 Å². The second-order valence-corrected chi connectivity index (χ2v) is 5.99. The van der Waals surface area contributed by atoms with Crippen LogP contribution in [0.5, 0.6) is 0 Å². The molecule has 0 amide bonds. The molecular formula is C15H32N2. The van der Waals surface area contributed by atoms with Gasteiger partial charge in [0.15, 0.2) is 0 Å². The van der Waals surface area contributed by atoms with Gasteiger partial charge < -0.3 is 10.2 Å². The zero-order valence-corrected chi connectivity index (χ0v) is 12.2. The molecule has 0 aromatic carbocycles. The lowest BCUT2D eigenvalue weighted by Crippen LogP contribution is -2.35. The van der Waals surface area contributed by atoms with Gasteiger partial charge in [-0.2, -0.15) is 0 Å². The van der Waals surface area contributed by atoms with Gasteiger partial charge in [0.25, 0.3) is 0 Å². The minimum absolute atomic E-state index is 0.665. The average molecular weight is 240 g/mol. The van der Waals surface area contributed by atoms with Crippen LogP contribution in [0.25, 0.3) is 0 Å². The lowest BCUT2D eigenvalue weighted by Gasteiger charge is -2.23. The van der Waals surface area contributed by atoms with E-state index in [1.807, 2.05) is 0 Å². The van der Waals surface area contributed by atoms with Crippen LogP contribution < -0.4 is 5.32 Å². The fraction of sp³-hybridized carbons (Fsp3) is 1.00. The summed E-state index contributed by atoms with van der Waals surface area (Å²) in [5.41, 5.74) is 0. The fourth-order valence-corrected chi connectivity index (χ4v) is 2.56. The number of rotatable bonds is 6. The summed E-state index contributed by atoms with van der Waals surface area (Å²) in [5, 5.41) is 3.65. The van der Waals surface area contributed by atoms with Crippen LogP contribution in [0.15, 0.2) is 0 Å². The van der Waals surface area contributed by atoms with Gasteiger partial charge in [-0.3, -0.25) is 0 Å². The molecule has 102 valence electrons. The molecule has 0 heterocycles. The van der Waals surface area contributed by atoms with Crippen LogP contribution in [0.4, 0.5) is 0 Å². The van der Waals surface area contributed by atoms with Crippen LogP contribution in [0.2, 0.25) is 0 Å². The third-order valence-electron chi connectivity index (χ3n) is 4.18. The smallest absolute Gasteiger partial charge is 0.0106 e. The van der Waals surface area contributed by atoms with Crippen molar-refractivity contribution in [3.63, 3.8) is 0 Å². The lowest BCUT2D eigenvalue weighted by molar-refractivity contribution is 0.268. The van der Waals surface area contributed by atoms with E-state index < -0.39 is 0 Å². The van der Waals surface area contributed by atoms with Crippen molar-refractivity contribution >= 4 is 0 Å². The zero-order chi connectivity index (χ0) is 12.5. The largest absolute Gasteiger partial charge is 0.315 e. The normalized spacial score (nSPS) is 19.6. The highest BCUT2D eigenvalue weighted by Crippen LogP contribution is 2.21. The lowest BCUT2D eigenvalue weighted by atomic mass is 9.91. The maximum absolute atomic E-state index is 3.65. The van der Waals surface area contributed by atoms with Crippen LogP contribution >= 0.6 is 0 Å². The van der Waals surface area contributed by atoms with Gasteiger partial charge in [-0.05, 0) is 46.2 Å². The molecule has 0 saturated heterocycles. The molecule has 17 heavy (non-hydrogen) atoms. The Hall–Kier alpha value is -0.0800. The summed E-state index contributed by atoms with van der Waals surface area (Å²) >= 11 is 0. The number of hydrogen-bond donors (Lipinski definition) is 1. The zero-order valence-electron chi connectivity index (χ0n) is 12.2. The molecule has 0 atom stereocenters. The molecule has 1 fully saturated rings. The Balaban J connectivity index is 2.04. The molecule has 2 heteroatoms. The number of hydrogen-bond acceptors (Lipinski definition) is 2. The van der Waals surface area contributed by atoms with E-state index >= 15 is 0 Å². The molecule has 0 unspecified atom stereocenters. The molecule has 1 saturated carbocycles. The fourth-order valence-electron chi connectivity index (χ4n) is 2.56. The van der Waals surface area contributed by atoms with Gasteiger partial charge in [-0.15, -0.1) is 0 Å². The highest BCUT2D eigenvalue weighted by Gasteiger charge is 2.10. The van der Waals surface area contributed by atoms with E-state index in [2.05, 4.69) is 31.1 Å². The van der Waals surface area contributed by atoms with Crippen LogP contribution in [0.1, 0.15) is 58.8 Å². The van der Waals surface area contributed by atoms with Crippen molar-refractivity contribution < 1.29 is 0 Å². The summed E-state index contributed by atoms with van der Waals surface area (Å²) in [6, 6.07) is 0.665. The number of nitrogens with one attached hydrogen (secondary N) is 1. The first kappa shape index (κ1) is 15.0. The Morgan fingerprint density at radius 3 is 2.24 bits per heavy atom. The van der Waals surface area contributed by atoms with Crippen molar-refractivity contribution in [3.8, 4) is 0 Å². The van der Waals surface area contributed by atoms with Gasteiger partial charge in [0.05, 0.1) is 0 Å². The van der Waals surface area contributed by atoms with Crippen molar-refractivity contribution in [2.24, 2.45) is 5.92 Å². The third kappa shape index (κ3) is 7.05. The summed E-state index contributed by atoms with van der Waals surface area (Å²) < 4.78 is 0. The molecule has 0 aromatic heterocycles. The Morgan fingerprint density at radius 2 is 1.65 bits per heavy atom. The summed E-state index contributed by atoms with van der Waals surface area (Å²) in [4.78, 5) is 2.41. The molecule has 1 N–H and O–H groups in total. The predicted octanol–water partition coefficient (Wildman–Crippen LogP) is 3.28. The molecule has 1 aliphatic carbocycles. The highest BCUT2D eigenvalue weighted by atomic mass is 15.1. The second kappa shape index (κ2) is 8.93. The van der Waals surface area contributed by atoms with Gasteiger partial charge in [0, 0.05) is 19.1 Å². The van der Waals surface area contributed by atoms with E-state index in [0.717, 1.165) is 12.5 Å². The summed E-state index contributed by atoms with van der Waals surface area (Å²) in [7, 11) is 2.21. The molecule has 0 radical (unpaired) electrons. The number of likely N-dealkylation sites (N-methyl/N-ethyl adjacent to an activating group) is 1. The summed E-state index contributed by atoms with van der Waals surface area (Å²) in [6.45, 7) is 8.07. The molecule has 1 rings (SSSR count). The Kier molecular flexibility index (Phi) is 7.87. The minimum Gasteiger partial charge on any atom is -0.315 e. The third-order valence-corrected chi connectivity index (χ3v) is 4.18. The van der Waals surface area contributed by atoms with E-state index in [1.54, 1.807) is 0 Å². The molecule has 0 spiro atoms. The van der Waals surface area contributed by atoms with Crippen LogP contribution in [-0.2, 0) is 0 Å². The predicted molar refractivity (Wildman–Crippen MR) is 76.4 cm³/mol. The molecular weight excluding hydrogens is 208 g/mol. The minimum atomic E-state index is 0.665. The van der Waals surface area contributed by atoms with E-state index in [1.165, 1.54) is 58.0 Å². The van der Waals surface area contributed by atoms with Crippen molar-refractivity contribution in [1.82, 2.24) is 10.2 Å². The van der Waals surface area contributed by atoms with Crippen molar-refractivity contribution in [1.29, 1.82) is 0 Å². The van der Waals surface area contributed by atoms with E-state index in [-0.39, 0.29) is 0 Å². The van der Waals surface area contributed by atoms with Crippen molar-refractivity contribution in [3.05, 3.63) is 0 Å². The molecule has 0 aliphatic heterocycles. The SMILES string of the molecule is CC(C)N(C)CCNCC1CCCCCCC1. The van der Waals surface area contributed by atoms with Gasteiger partial charge >= 0.3 is 0 Å². The Morgan fingerprint density at radius 1 is 1.06 bits per heavy atom. The van der Waals surface area contributed by atoms with Gasteiger partial charge in [0.2, 0.25) is 0 Å². The Bertz CT molecular complexity index is 172. The monoisotopic (exact) mass is 240 g/mol. The van der Waals surface area contributed by atoms with E-state index in [4.69, 9.17) is 0 Å². The van der Waals surface area contributed by atoms with Crippen molar-refractivity contribution in [2.75, 3.05) is 26.7 Å². The molecule has 0 bridgehead atoms. The summed E-state index contributed by atoms with van der Waals surface area (Å²) in [6.07, 6.45) is 10.2. The molecule has 0 aromatic rings. The maximum Gasteiger partial charge on any atom is 0.0106 e. The number of nitrogens with zero attached hydrogens (tertiary/aromatic N) is 1. The van der Waals surface area contributed by atoms with Crippen molar-refractivity contribution in [2.45, 2.75) is 64.8 Å². The van der Waals surface area contributed by atoms with Gasteiger partial charge in [-0.1, -0.05) is 32.1 Å². The van der Waals surface area contributed by atoms with Crippen LogP contribution in [0.3, 0.4) is 0 Å². The topological polar surface area (TPSA) is 15.3 Å². The first-order valence-electron chi connectivity index (χ1n) is 7.61. The maximum atomic E-state index is 3.65. The highest BCUT2D eigenvalue weighted by molar-refractivity contribution is 4.67. The van der Waals surface area contributed by atoms with E-state index in [0.29, 0.717) is 6.04 Å². The first-order valence-corrected chi connectivity index (χ1v) is 7.61. The quantitative estimate of drug-likeness (QED) is 0.717. The van der Waals surface area contributed by atoms with Crippen LogP contribution in [0, 0.1) is 5.92 Å². The second-order valence-electron chi connectivity index (χ2n) is 5.99. The van der Waals surface area contributed by atoms with Gasteiger partial charge in [0.1, 0.15) is 0 Å². The van der Waals surface area contributed by atoms with Gasteiger partial charge in [-0.25, -0.2) is 0 Å². The standard InChI is InChI=1S/C15H32N2/c1-14(2)17(3)12-11-16-13-15-9-7-5-4-6-8-10-15/h14-16H,4-13H2,1-3H3. The first-order chi connectivity index (χ1) is 8.20. The average Bonchev–Trinajstić information content (AvgIpc) is 2.25. The molecule has 1 aliphatic rings. The Labute approximate surface area is 108 Å². The summed E-state index contributed by atoms with van der Waals surface area (Å²) in [5.74, 6) is 0.944.